The van der Waals surface area contributed by atoms with Gasteiger partial charge in [-0.25, -0.2) is 9.97 Å². The molecule has 70 heavy (non-hydrogen) atoms. The van der Waals surface area contributed by atoms with Gasteiger partial charge in [-0.3, -0.25) is 0 Å². The Kier molecular flexibility index (Phi) is 9.17. The SMILES string of the molecule is c1ccc(-c2cc(-c3ccc(-n4c5ccccc5c5ccccc54)cc3)nc(-c3cccc(-c4cccc(-c5c6c(cc7c(-c8ccccc8)nc8ccccc8c57)oc5ccccc56)c4)c3)c2)cc1. The van der Waals surface area contributed by atoms with Crippen molar-refractivity contribution >= 4 is 65.4 Å². The van der Waals surface area contributed by atoms with Gasteiger partial charge in [-0.2, -0.15) is 0 Å². The van der Waals surface area contributed by atoms with Crippen LogP contribution in [0.5, 0.6) is 0 Å². The highest BCUT2D eigenvalue weighted by molar-refractivity contribution is 6.28. The first kappa shape index (κ1) is 39.8. The molecular formula is C66H41N3O. The molecule has 0 spiro atoms. The normalized spacial score (nSPS) is 11.7. The lowest BCUT2D eigenvalue weighted by Crippen LogP contribution is -1.95. The number of hydrogen-bond acceptors (Lipinski definition) is 3. The highest BCUT2D eigenvalue weighted by Crippen LogP contribution is 2.47. The van der Waals surface area contributed by atoms with Gasteiger partial charge in [0.15, 0.2) is 0 Å². The monoisotopic (exact) mass is 891 g/mol. The number of aromatic nitrogens is 3. The van der Waals surface area contributed by atoms with E-state index < -0.39 is 0 Å². The van der Waals surface area contributed by atoms with E-state index in [1.54, 1.807) is 0 Å². The highest BCUT2D eigenvalue weighted by Gasteiger charge is 2.22. The number of furan rings is 1. The Balaban J connectivity index is 0.914. The van der Waals surface area contributed by atoms with E-state index in [9.17, 15) is 0 Å². The van der Waals surface area contributed by atoms with E-state index >= 15 is 0 Å². The Morgan fingerprint density at radius 2 is 0.843 bits per heavy atom. The van der Waals surface area contributed by atoms with Crippen LogP contribution in [0, 0.1) is 0 Å². The zero-order valence-corrected chi connectivity index (χ0v) is 37.9. The molecule has 0 bridgehead atoms. The van der Waals surface area contributed by atoms with Crippen LogP contribution in [0.3, 0.4) is 0 Å². The first-order valence-electron chi connectivity index (χ1n) is 23.8. The number of fused-ring (bicyclic) bond motifs is 9. The predicted molar refractivity (Wildman–Crippen MR) is 291 cm³/mol. The zero-order chi connectivity index (χ0) is 46.1. The largest absolute Gasteiger partial charge is 0.456 e. The van der Waals surface area contributed by atoms with Crippen LogP contribution >= 0.6 is 0 Å². The fourth-order valence-corrected chi connectivity index (χ4v) is 10.7. The van der Waals surface area contributed by atoms with E-state index in [0.29, 0.717) is 0 Å². The molecule has 4 aromatic heterocycles. The van der Waals surface area contributed by atoms with Gasteiger partial charge in [0.1, 0.15) is 11.2 Å². The van der Waals surface area contributed by atoms with Crippen LogP contribution in [0.4, 0.5) is 0 Å². The van der Waals surface area contributed by atoms with Crippen LogP contribution in [0.15, 0.2) is 253 Å². The first-order chi connectivity index (χ1) is 34.7. The number of hydrogen-bond donors (Lipinski definition) is 0. The second-order valence-electron chi connectivity index (χ2n) is 18.1. The lowest BCUT2D eigenvalue weighted by Gasteiger charge is -2.16. The predicted octanol–water partition coefficient (Wildman–Crippen LogP) is 17.8. The minimum absolute atomic E-state index is 0.840. The molecule has 0 aliphatic heterocycles. The summed E-state index contributed by atoms with van der Waals surface area (Å²) in [7, 11) is 0. The van der Waals surface area contributed by atoms with Crippen molar-refractivity contribution in [3.63, 3.8) is 0 Å². The maximum Gasteiger partial charge on any atom is 0.136 e. The Morgan fingerprint density at radius 1 is 0.300 bits per heavy atom. The molecule has 10 aromatic carbocycles. The maximum atomic E-state index is 6.71. The standard InChI is InChI=1S/C66H41N3O/c1-3-17-42(18-4-1)49-39-57(43-33-35-50(36-34-43)69-59-30-12-8-25-51(59)52-26-9-13-31-60(52)69)67-58(40-49)47-23-15-21-45(37-47)46-22-16-24-48(38-46)63-64-53-27-7-11-29-56(53)68-66(44-19-5-2-6-20-44)55(64)41-62-65(63)54-28-10-14-32-61(54)70-62/h1-41H. The topological polar surface area (TPSA) is 43.9 Å². The summed E-state index contributed by atoms with van der Waals surface area (Å²) in [5.41, 5.74) is 18.8. The van der Waals surface area contributed by atoms with Crippen LogP contribution in [-0.2, 0) is 0 Å². The van der Waals surface area contributed by atoms with Crippen LogP contribution in [0.2, 0.25) is 0 Å². The van der Waals surface area contributed by atoms with Gasteiger partial charge in [0.2, 0.25) is 0 Å². The van der Waals surface area contributed by atoms with Gasteiger partial charge in [-0.15, -0.1) is 0 Å². The van der Waals surface area contributed by atoms with Crippen LogP contribution in [0.25, 0.3) is 138 Å². The highest BCUT2D eigenvalue weighted by atomic mass is 16.3. The van der Waals surface area contributed by atoms with E-state index in [4.69, 9.17) is 14.4 Å². The quantitative estimate of drug-likeness (QED) is 0.150. The van der Waals surface area contributed by atoms with Gasteiger partial charge < -0.3 is 8.98 Å². The van der Waals surface area contributed by atoms with Crippen molar-refractivity contribution in [3.05, 3.63) is 249 Å². The Labute approximate surface area is 404 Å². The smallest absolute Gasteiger partial charge is 0.136 e. The maximum absolute atomic E-state index is 6.71. The summed E-state index contributed by atoms with van der Waals surface area (Å²) in [6.07, 6.45) is 0. The fraction of sp³-hybridized carbons (Fsp3) is 0. The second kappa shape index (κ2) is 16.2. The summed E-state index contributed by atoms with van der Waals surface area (Å²) in [5, 5.41) is 8.01. The number of benzene rings is 10. The lowest BCUT2D eigenvalue weighted by atomic mass is 9.88. The van der Waals surface area contributed by atoms with Crippen molar-refractivity contribution in [2.24, 2.45) is 0 Å². The van der Waals surface area contributed by atoms with Crippen molar-refractivity contribution < 1.29 is 4.42 Å². The van der Waals surface area contributed by atoms with Gasteiger partial charge in [-0.1, -0.05) is 182 Å². The summed E-state index contributed by atoms with van der Waals surface area (Å²) in [6, 6.07) is 88.6. The number of pyridine rings is 2. The van der Waals surface area contributed by atoms with Gasteiger partial charge in [0, 0.05) is 65.6 Å². The molecule has 4 heteroatoms. The van der Waals surface area contributed by atoms with E-state index in [2.05, 4.69) is 247 Å². The first-order valence-corrected chi connectivity index (χ1v) is 23.8. The zero-order valence-electron chi connectivity index (χ0n) is 37.9. The van der Waals surface area contributed by atoms with Crippen molar-refractivity contribution in [1.82, 2.24) is 14.5 Å². The number of nitrogens with zero attached hydrogens (tertiary/aromatic N) is 3. The third-order valence-electron chi connectivity index (χ3n) is 14.0. The number of rotatable bonds is 7. The van der Waals surface area contributed by atoms with Gasteiger partial charge in [0.25, 0.3) is 0 Å². The van der Waals surface area contributed by atoms with E-state index in [-0.39, 0.29) is 0 Å². The van der Waals surface area contributed by atoms with Crippen LogP contribution in [0.1, 0.15) is 0 Å². The van der Waals surface area contributed by atoms with Crippen LogP contribution < -0.4 is 0 Å². The molecule has 0 atom stereocenters. The Bertz CT molecular complexity index is 4290. The third-order valence-corrected chi connectivity index (χ3v) is 14.0. The average Bonchev–Trinajstić information content (AvgIpc) is 3.98. The molecule has 0 amide bonds. The minimum atomic E-state index is 0.840. The molecule has 0 aliphatic rings. The summed E-state index contributed by atoms with van der Waals surface area (Å²) in [4.78, 5) is 10.7. The molecule has 0 fully saturated rings. The molecule has 14 rings (SSSR count). The summed E-state index contributed by atoms with van der Waals surface area (Å²) in [5.74, 6) is 0. The van der Waals surface area contributed by atoms with E-state index in [0.717, 1.165) is 116 Å². The molecule has 326 valence electrons. The summed E-state index contributed by atoms with van der Waals surface area (Å²) < 4.78 is 9.06. The van der Waals surface area contributed by atoms with Crippen molar-refractivity contribution in [2.75, 3.05) is 0 Å². The average molecular weight is 892 g/mol. The summed E-state index contributed by atoms with van der Waals surface area (Å²) >= 11 is 0. The third kappa shape index (κ3) is 6.53. The van der Waals surface area contributed by atoms with Gasteiger partial charge >= 0.3 is 0 Å². The van der Waals surface area contributed by atoms with Crippen molar-refractivity contribution in [1.29, 1.82) is 0 Å². The second-order valence-corrected chi connectivity index (χ2v) is 18.1. The van der Waals surface area contributed by atoms with E-state index in [1.807, 2.05) is 6.07 Å². The Hall–Kier alpha value is -9.38. The molecule has 14 aromatic rings. The van der Waals surface area contributed by atoms with Crippen molar-refractivity contribution in [3.8, 4) is 72.8 Å². The van der Waals surface area contributed by atoms with Gasteiger partial charge in [-0.05, 0) is 94.5 Å². The fourth-order valence-electron chi connectivity index (χ4n) is 10.7. The molecule has 0 radical (unpaired) electrons. The minimum Gasteiger partial charge on any atom is -0.456 e. The molecule has 4 nitrogen and oxygen atoms in total. The Morgan fingerprint density at radius 3 is 1.56 bits per heavy atom. The number of para-hydroxylation sites is 4. The molecular weight excluding hydrogens is 851 g/mol. The molecule has 0 saturated heterocycles. The lowest BCUT2D eigenvalue weighted by molar-refractivity contribution is 0.669. The molecule has 0 saturated carbocycles. The van der Waals surface area contributed by atoms with E-state index in [1.165, 1.54) is 21.8 Å². The summed E-state index contributed by atoms with van der Waals surface area (Å²) in [6.45, 7) is 0. The van der Waals surface area contributed by atoms with Gasteiger partial charge in [0.05, 0.1) is 33.6 Å². The molecule has 0 aliphatic carbocycles. The van der Waals surface area contributed by atoms with Crippen LogP contribution in [-0.4, -0.2) is 14.5 Å². The molecule has 4 heterocycles. The molecule has 0 N–H and O–H groups in total. The van der Waals surface area contributed by atoms with Crippen molar-refractivity contribution in [2.45, 2.75) is 0 Å². The molecule has 0 unspecified atom stereocenters.